The fourth-order valence-electron chi connectivity index (χ4n) is 2.86. The van der Waals surface area contributed by atoms with E-state index >= 15 is 0 Å². The van der Waals surface area contributed by atoms with Crippen molar-refractivity contribution < 1.29 is 21.6 Å². The largest absolute Gasteiger partial charge is 0.393 e. The molecule has 7 heteroatoms. The van der Waals surface area contributed by atoms with E-state index in [0.29, 0.717) is 0 Å². The van der Waals surface area contributed by atoms with Crippen LogP contribution in [-0.4, -0.2) is 21.1 Å². The molecule has 0 heterocycles. The lowest BCUT2D eigenvalue weighted by Crippen LogP contribution is -2.33. The molecule has 3 nitrogen and oxygen atoms in total. The van der Waals surface area contributed by atoms with Crippen molar-refractivity contribution in [2.75, 3.05) is 6.54 Å². The van der Waals surface area contributed by atoms with Crippen molar-refractivity contribution in [3.8, 4) is 0 Å². The van der Waals surface area contributed by atoms with Gasteiger partial charge in [0.2, 0.25) is 10.0 Å². The topological polar surface area (TPSA) is 46.2 Å². The Morgan fingerprint density at radius 3 is 2.33 bits per heavy atom. The monoisotopic (exact) mass is 355 g/mol. The van der Waals surface area contributed by atoms with Crippen LogP contribution < -0.4 is 4.72 Å². The number of alkyl halides is 3. The Labute approximate surface area is 138 Å². The highest BCUT2D eigenvalue weighted by Crippen LogP contribution is 2.34. The van der Waals surface area contributed by atoms with Gasteiger partial charge in [-0.2, -0.15) is 13.2 Å². The lowest BCUT2D eigenvalue weighted by Gasteiger charge is -2.30. The summed E-state index contributed by atoms with van der Waals surface area (Å²) in [7, 11) is -3.73. The molecule has 0 radical (unpaired) electrons. The van der Waals surface area contributed by atoms with Crippen LogP contribution in [0.25, 0.3) is 0 Å². The predicted octanol–water partition coefficient (Wildman–Crippen LogP) is 3.41. The molecule has 0 amide bonds. The van der Waals surface area contributed by atoms with E-state index in [0.717, 1.165) is 12.0 Å². The maximum Gasteiger partial charge on any atom is 0.393 e. The molecule has 0 saturated heterocycles. The van der Waals surface area contributed by atoms with Gasteiger partial charge in [-0.3, -0.25) is 0 Å². The summed E-state index contributed by atoms with van der Waals surface area (Å²) >= 11 is 0. The van der Waals surface area contributed by atoms with Crippen LogP contribution in [0.3, 0.4) is 0 Å². The van der Waals surface area contributed by atoms with Crippen molar-refractivity contribution in [2.24, 2.45) is 0 Å². The standard InChI is InChI=1S/C17H16F3NO2S/c18-17(19,20)10-12-5-7-15(8-6-12)24(22,23)21-11-14-9-13-3-1-2-4-16(13)14/h1-8,14,21H,9-11H2. The molecule has 1 aliphatic carbocycles. The highest BCUT2D eigenvalue weighted by Gasteiger charge is 2.29. The Morgan fingerprint density at radius 1 is 1.04 bits per heavy atom. The predicted molar refractivity (Wildman–Crippen MR) is 84.3 cm³/mol. The molecule has 0 aromatic heterocycles. The van der Waals surface area contributed by atoms with Crippen LogP contribution in [0.1, 0.15) is 22.6 Å². The second-order valence-electron chi connectivity index (χ2n) is 5.89. The summed E-state index contributed by atoms with van der Waals surface area (Å²) in [6.45, 7) is 0.281. The van der Waals surface area contributed by atoms with Crippen LogP contribution in [0.15, 0.2) is 53.4 Å². The average molecular weight is 355 g/mol. The second-order valence-corrected chi connectivity index (χ2v) is 7.65. The zero-order valence-electron chi connectivity index (χ0n) is 12.7. The summed E-state index contributed by atoms with van der Waals surface area (Å²) in [5, 5.41) is 0. The molecule has 1 N–H and O–H groups in total. The molecule has 0 bridgehead atoms. The molecule has 0 fully saturated rings. The minimum absolute atomic E-state index is 0.0268. The first-order chi connectivity index (χ1) is 11.2. The molecule has 0 spiro atoms. The van der Waals surface area contributed by atoms with Gasteiger partial charge in [0.1, 0.15) is 0 Å². The molecule has 128 valence electrons. The molecule has 1 aliphatic rings. The lowest BCUT2D eigenvalue weighted by atomic mass is 9.78. The van der Waals surface area contributed by atoms with Gasteiger partial charge in [0, 0.05) is 12.5 Å². The molecular weight excluding hydrogens is 339 g/mol. The van der Waals surface area contributed by atoms with Crippen molar-refractivity contribution in [1.82, 2.24) is 4.72 Å². The van der Waals surface area contributed by atoms with E-state index in [1.807, 2.05) is 24.3 Å². The average Bonchev–Trinajstić information content (AvgIpc) is 2.47. The Hall–Kier alpha value is -1.86. The summed E-state index contributed by atoms with van der Waals surface area (Å²) in [4.78, 5) is -0.0268. The molecular formula is C17H16F3NO2S. The molecule has 2 aromatic rings. The fraction of sp³-hybridized carbons (Fsp3) is 0.294. The Kier molecular flexibility index (Phi) is 4.40. The Morgan fingerprint density at radius 2 is 1.71 bits per heavy atom. The first-order valence-corrected chi connectivity index (χ1v) is 8.96. The van der Waals surface area contributed by atoms with Gasteiger partial charge in [0.05, 0.1) is 11.3 Å². The van der Waals surface area contributed by atoms with Gasteiger partial charge in [-0.25, -0.2) is 13.1 Å². The van der Waals surface area contributed by atoms with Crippen LogP contribution >= 0.6 is 0 Å². The summed E-state index contributed by atoms with van der Waals surface area (Å²) in [6.07, 6.45) is -4.56. The zero-order chi connectivity index (χ0) is 17.4. The maximum atomic E-state index is 12.3. The number of rotatable bonds is 5. The molecule has 0 saturated carbocycles. The third kappa shape index (κ3) is 3.79. The van der Waals surface area contributed by atoms with Crippen molar-refractivity contribution in [1.29, 1.82) is 0 Å². The fourth-order valence-corrected chi connectivity index (χ4v) is 3.94. The minimum Gasteiger partial charge on any atom is -0.211 e. The zero-order valence-corrected chi connectivity index (χ0v) is 13.5. The van der Waals surface area contributed by atoms with E-state index in [1.54, 1.807) is 0 Å². The van der Waals surface area contributed by atoms with E-state index in [2.05, 4.69) is 4.72 Å². The molecule has 24 heavy (non-hydrogen) atoms. The minimum atomic E-state index is -4.31. The third-order valence-corrected chi connectivity index (χ3v) is 5.56. The van der Waals surface area contributed by atoms with Crippen LogP contribution in [0.2, 0.25) is 0 Å². The number of sulfonamides is 1. The van der Waals surface area contributed by atoms with Crippen molar-refractivity contribution in [2.45, 2.75) is 29.8 Å². The van der Waals surface area contributed by atoms with E-state index in [9.17, 15) is 21.6 Å². The highest BCUT2D eigenvalue weighted by atomic mass is 32.2. The lowest BCUT2D eigenvalue weighted by molar-refractivity contribution is -0.127. The highest BCUT2D eigenvalue weighted by molar-refractivity contribution is 7.89. The van der Waals surface area contributed by atoms with Gasteiger partial charge in [0.15, 0.2) is 0 Å². The van der Waals surface area contributed by atoms with Crippen molar-refractivity contribution >= 4 is 10.0 Å². The molecule has 2 aromatic carbocycles. The normalized spacial score (nSPS) is 17.2. The number of nitrogens with one attached hydrogen (secondary N) is 1. The summed E-state index contributed by atoms with van der Waals surface area (Å²) in [5.74, 6) is 0.139. The van der Waals surface area contributed by atoms with Gasteiger partial charge in [0.25, 0.3) is 0 Å². The first-order valence-electron chi connectivity index (χ1n) is 7.48. The number of hydrogen-bond donors (Lipinski definition) is 1. The van der Waals surface area contributed by atoms with Gasteiger partial charge < -0.3 is 0 Å². The van der Waals surface area contributed by atoms with Crippen LogP contribution in [0.5, 0.6) is 0 Å². The summed E-state index contributed by atoms with van der Waals surface area (Å²) in [6, 6.07) is 12.7. The van der Waals surface area contributed by atoms with E-state index in [1.165, 1.54) is 29.8 Å². The number of hydrogen-bond acceptors (Lipinski definition) is 2. The van der Waals surface area contributed by atoms with E-state index < -0.39 is 22.6 Å². The first kappa shape index (κ1) is 17.0. The SMILES string of the molecule is O=S(=O)(NCC1Cc2ccccc21)c1ccc(CC(F)(F)F)cc1. The third-order valence-electron chi connectivity index (χ3n) is 4.12. The Balaban J connectivity index is 1.64. The van der Waals surface area contributed by atoms with Crippen molar-refractivity contribution in [3.05, 3.63) is 65.2 Å². The second kappa shape index (κ2) is 6.22. The molecule has 1 atom stereocenters. The molecule has 0 aliphatic heterocycles. The van der Waals surface area contributed by atoms with Crippen LogP contribution in [0, 0.1) is 0 Å². The quantitative estimate of drug-likeness (QED) is 0.893. The maximum absolute atomic E-state index is 12.3. The number of benzene rings is 2. The van der Waals surface area contributed by atoms with Gasteiger partial charge in [-0.05, 0) is 35.2 Å². The van der Waals surface area contributed by atoms with Crippen LogP contribution in [-0.2, 0) is 22.9 Å². The summed E-state index contributed by atoms with van der Waals surface area (Å²) < 4.78 is 64.0. The molecule has 1 unspecified atom stereocenters. The molecule has 3 rings (SSSR count). The number of halogens is 3. The van der Waals surface area contributed by atoms with Gasteiger partial charge in [-0.1, -0.05) is 36.4 Å². The van der Waals surface area contributed by atoms with E-state index in [-0.39, 0.29) is 22.9 Å². The number of fused-ring (bicyclic) bond motifs is 1. The van der Waals surface area contributed by atoms with E-state index in [4.69, 9.17) is 0 Å². The van der Waals surface area contributed by atoms with Gasteiger partial charge >= 0.3 is 6.18 Å². The van der Waals surface area contributed by atoms with Crippen LogP contribution in [0.4, 0.5) is 13.2 Å². The smallest absolute Gasteiger partial charge is 0.211 e. The summed E-state index contributed by atoms with van der Waals surface area (Å²) in [5.41, 5.74) is 2.40. The van der Waals surface area contributed by atoms with Crippen molar-refractivity contribution in [3.63, 3.8) is 0 Å². The van der Waals surface area contributed by atoms with Gasteiger partial charge in [-0.15, -0.1) is 0 Å². The Bertz CT molecular complexity index is 830.